The number of aromatic nitrogens is 10. The monoisotopic (exact) mass is 643 g/mol. The van der Waals surface area contributed by atoms with Gasteiger partial charge in [0, 0.05) is 50.0 Å². The maximum absolute atomic E-state index is 6.15. The van der Waals surface area contributed by atoms with E-state index in [0.29, 0.717) is 32.8 Å². The van der Waals surface area contributed by atoms with Gasteiger partial charge in [-0.2, -0.15) is 5.10 Å². The van der Waals surface area contributed by atoms with E-state index in [0.717, 1.165) is 48.0 Å². The third kappa shape index (κ3) is 5.81. The zero-order valence-electron chi connectivity index (χ0n) is 23.1. The minimum atomic E-state index is 0.395. The topological polar surface area (TPSA) is 118 Å². The molecule has 0 aromatic carbocycles. The van der Waals surface area contributed by atoms with Crippen LogP contribution in [-0.2, 0) is 0 Å². The second-order valence-corrected chi connectivity index (χ2v) is 11.5. The predicted octanol–water partition coefficient (Wildman–Crippen LogP) is 6.65. The third-order valence-electron chi connectivity index (χ3n) is 7.40. The molecule has 7 aromatic rings. The summed E-state index contributed by atoms with van der Waals surface area (Å²) in [6, 6.07) is 10.9. The molecule has 1 aliphatic rings. The van der Waals surface area contributed by atoms with Crippen molar-refractivity contribution in [2.24, 2.45) is 0 Å². The van der Waals surface area contributed by atoms with E-state index in [4.69, 9.17) is 39.8 Å². The Morgan fingerprint density at radius 1 is 0.727 bits per heavy atom. The molecule has 1 unspecified atom stereocenters. The number of halogens is 3. The van der Waals surface area contributed by atoms with Gasteiger partial charge in [-0.25, -0.2) is 29.9 Å². The van der Waals surface area contributed by atoms with Crippen LogP contribution in [0.4, 0.5) is 5.82 Å². The molecule has 8 heterocycles. The van der Waals surface area contributed by atoms with Gasteiger partial charge in [-0.05, 0) is 54.8 Å². The van der Waals surface area contributed by atoms with Gasteiger partial charge in [-0.1, -0.05) is 34.8 Å². The Bertz CT molecular complexity index is 2050. The summed E-state index contributed by atoms with van der Waals surface area (Å²) in [4.78, 5) is 28.6. The SMILES string of the molecule is Clc1ccc2ncc(-c3nccc(Cl)n3)n2c1.Clc1ccc2ncc(-c3nccc(N4CCCC(c5cn[nH]c5)C4)n3)n2c1. The summed E-state index contributed by atoms with van der Waals surface area (Å²) < 4.78 is 3.75. The van der Waals surface area contributed by atoms with E-state index in [1.165, 1.54) is 12.0 Å². The molecule has 8 rings (SSSR count). The molecule has 0 amide bonds. The fraction of sp³-hybridized carbons (Fsp3) is 0.167. The molecule has 0 bridgehead atoms. The Morgan fingerprint density at radius 2 is 1.39 bits per heavy atom. The number of hydrogen-bond acceptors (Lipinski definition) is 8. The highest BCUT2D eigenvalue weighted by Gasteiger charge is 2.23. The number of anilines is 1. The Kier molecular flexibility index (Phi) is 7.82. The number of rotatable bonds is 4. The summed E-state index contributed by atoms with van der Waals surface area (Å²) >= 11 is 17.9. The number of nitrogens with one attached hydrogen (secondary N) is 1. The number of hydrogen-bond donors (Lipinski definition) is 1. The predicted molar refractivity (Wildman–Crippen MR) is 170 cm³/mol. The maximum Gasteiger partial charge on any atom is 0.180 e. The fourth-order valence-corrected chi connectivity index (χ4v) is 5.75. The molecule has 11 nitrogen and oxygen atoms in total. The summed E-state index contributed by atoms with van der Waals surface area (Å²) in [5.74, 6) is 2.57. The number of piperidine rings is 1. The Hall–Kier alpha value is -4.58. The van der Waals surface area contributed by atoms with Gasteiger partial charge in [-0.3, -0.25) is 13.9 Å². The van der Waals surface area contributed by atoms with Crippen molar-refractivity contribution in [2.75, 3.05) is 18.0 Å². The van der Waals surface area contributed by atoms with Crippen molar-refractivity contribution in [1.29, 1.82) is 0 Å². The van der Waals surface area contributed by atoms with E-state index in [1.54, 1.807) is 36.9 Å². The van der Waals surface area contributed by atoms with Gasteiger partial charge in [0.2, 0.25) is 0 Å². The van der Waals surface area contributed by atoms with E-state index < -0.39 is 0 Å². The van der Waals surface area contributed by atoms with Crippen molar-refractivity contribution in [2.45, 2.75) is 18.8 Å². The van der Waals surface area contributed by atoms with Gasteiger partial charge >= 0.3 is 0 Å². The lowest BCUT2D eigenvalue weighted by Gasteiger charge is -2.33. The summed E-state index contributed by atoms with van der Waals surface area (Å²) in [5.41, 5.74) is 4.45. The summed E-state index contributed by atoms with van der Waals surface area (Å²) in [6.07, 6.45) is 16.7. The Labute approximate surface area is 266 Å². The minimum absolute atomic E-state index is 0.395. The first-order chi connectivity index (χ1) is 21.5. The van der Waals surface area contributed by atoms with Crippen molar-refractivity contribution in [3.8, 4) is 23.0 Å². The Balaban J connectivity index is 0.000000158. The molecule has 44 heavy (non-hydrogen) atoms. The second-order valence-electron chi connectivity index (χ2n) is 10.2. The van der Waals surface area contributed by atoms with E-state index >= 15 is 0 Å². The molecular formula is C30H24Cl3N11. The smallest absolute Gasteiger partial charge is 0.180 e. The van der Waals surface area contributed by atoms with Gasteiger partial charge in [-0.15, -0.1) is 0 Å². The first-order valence-electron chi connectivity index (χ1n) is 13.8. The van der Waals surface area contributed by atoms with Crippen LogP contribution in [0, 0.1) is 0 Å². The van der Waals surface area contributed by atoms with Crippen LogP contribution in [0.15, 0.2) is 86.0 Å². The van der Waals surface area contributed by atoms with Gasteiger partial charge in [0.1, 0.15) is 33.7 Å². The lowest BCUT2D eigenvalue weighted by Crippen LogP contribution is -2.34. The van der Waals surface area contributed by atoms with Crippen LogP contribution in [0.5, 0.6) is 0 Å². The van der Waals surface area contributed by atoms with Crippen molar-refractivity contribution < 1.29 is 0 Å². The molecule has 1 N–H and O–H groups in total. The third-order valence-corrected chi connectivity index (χ3v) is 8.05. The van der Waals surface area contributed by atoms with Crippen LogP contribution in [0.3, 0.4) is 0 Å². The quantitative estimate of drug-likeness (QED) is 0.212. The van der Waals surface area contributed by atoms with Gasteiger partial charge in [0.25, 0.3) is 0 Å². The van der Waals surface area contributed by atoms with Crippen molar-refractivity contribution in [1.82, 2.24) is 48.9 Å². The molecule has 1 atom stereocenters. The number of pyridine rings is 2. The average Bonchev–Trinajstić information content (AvgIpc) is 3.82. The highest BCUT2D eigenvalue weighted by molar-refractivity contribution is 6.31. The van der Waals surface area contributed by atoms with Crippen molar-refractivity contribution >= 4 is 51.9 Å². The molecule has 1 saturated heterocycles. The lowest BCUT2D eigenvalue weighted by atomic mass is 9.93. The molecule has 1 fully saturated rings. The maximum atomic E-state index is 6.15. The first-order valence-corrected chi connectivity index (χ1v) is 15.0. The average molecular weight is 645 g/mol. The van der Waals surface area contributed by atoms with Crippen molar-refractivity contribution in [3.05, 3.63) is 107 Å². The Morgan fingerprint density at radius 3 is 2.02 bits per heavy atom. The largest absolute Gasteiger partial charge is 0.356 e. The van der Waals surface area contributed by atoms with E-state index in [1.807, 2.05) is 57.9 Å². The summed E-state index contributed by atoms with van der Waals surface area (Å²) in [5, 5.41) is 8.67. The normalized spacial score (nSPS) is 15.0. The summed E-state index contributed by atoms with van der Waals surface area (Å²) in [6.45, 7) is 1.92. The minimum Gasteiger partial charge on any atom is -0.356 e. The number of nitrogens with zero attached hydrogens (tertiary/aromatic N) is 10. The van der Waals surface area contributed by atoms with Gasteiger partial charge in [0.05, 0.1) is 28.6 Å². The highest BCUT2D eigenvalue weighted by atomic mass is 35.5. The molecule has 14 heteroatoms. The van der Waals surface area contributed by atoms with Crippen LogP contribution in [0.1, 0.15) is 24.3 Å². The number of fused-ring (bicyclic) bond motifs is 2. The highest BCUT2D eigenvalue weighted by Crippen LogP contribution is 2.29. The van der Waals surface area contributed by atoms with E-state index in [9.17, 15) is 0 Å². The van der Waals surface area contributed by atoms with Crippen LogP contribution >= 0.6 is 34.8 Å². The van der Waals surface area contributed by atoms with Crippen LogP contribution < -0.4 is 4.90 Å². The molecular weight excluding hydrogens is 621 g/mol. The van der Waals surface area contributed by atoms with E-state index in [2.05, 4.69) is 40.0 Å². The molecule has 0 radical (unpaired) electrons. The molecule has 1 aliphatic heterocycles. The fourth-order valence-electron chi connectivity index (χ4n) is 5.29. The molecule has 220 valence electrons. The zero-order chi connectivity index (χ0) is 30.0. The van der Waals surface area contributed by atoms with E-state index in [-0.39, 0.29) is 0 Å². The standard InChI is InChI=1S/C19H18ClN7.C11H6Cl2N4/c20-15-3-4-17-22-10-16(27(17)12-15)19-21-6-5-18(25-19)26-7-1-2-13(11-26)14-8-23-24-9-14;12-7-1-2-10-15-5-8(17(10)6-7)11-14-4-3-9(13)16-11/h3-6,8-10,12-13H,1-2,7,11H2,(H,23,24);1-6H. The number of imidazole rings is 2. The van der Waals surface area contributed by atoms with Gasteiger partial charge < -0.3 is 4.90 Å². The molecule has 0 aliphatic carbocycles. The van der Waals surface area contributed by atoms with Crippen LogP contribution in [-0.4, -0.2) is 62.0 Å². The number of aromatic amines is 1. The lowest BCUT2D eigenvalue weighted by molar-refractivity contribution is 0.507. The van der Waals surface area contributed by atoms with Crippen molar-refractivity contribution in [3.63, 3.8) is 0 Å². The van der Waals surface area contributed by atoms with Crippen LogP contribution in [0.25, 0.3) is 34.3 Å². The molecule has 0 saturated carbocycles. The first kappa shape index (κ1) is 28.2. The number of H-pyrrole nitrogens is 1. The summed E-state index contributed by atoms with van der Waals surface area (Å²) in [7, 11) is 0. The second kappa shape index (κ2) is 12.2. The zero-order valence-corrected chi connectivity index (χ0v) is 25.4. The molecule has 7 aromatic heterocycles. The van der Waals surface area contributed by atoms with Gasteiger partial charge in [0.15, 0.2) is 11.6 Å². The van der Waals surface area contributed by atoms with Crippen LogP contribution in [0.2, 0.25) is 15.2 Å². The molecule has 0 spiro atoms.